The monoisotopic (exact) mass is 247 g/mol. The van der Waals surface area contributed by atoms with E-state index >= 15 is 0 Å². The molecule has 1 N–H and O–H groups in total. The van der Waals surface area contributed by atoms with Crippen LogP contribution in [0.4, 0.5) is 5.69 Å². The van der Waals surface area contributed by atoms with Crippen LogP contribution in [0.25, 0.3) is 0 Å². The molecule has 0 aliphatic heterocycles. The minimum absolute atomic E-state index is 0.136. The molecule has 18 heavy (non-hydrogen) atoms. The van der Waals surface area contributed by atoms with E-state index in [1.165, 1.54) is 0 Å². The van der Waals surface area contributed by atoms with E-state index in [0.29, 0.717) is 13.2 Å². The zero-order chi connectivity index (χ0) is 13.2. The lowest BCUT2D eigenvalue weighted by atomic mass is 10.2. The molecule has 0 aliphatic carbocycles. The Labute approximate surface area is 109 Å². The zero-order valence-corrected chi connectivity index (χ0v) is 11.1. The van der Waals surface area contributed by atoms with E-state index in [4.69, 9.17) is 15.9 Å². The highest BCUT2D eigenvalue weighted by molar-refractivity contribution is 5.49. The van der Waals surface area contributed by atoms with Crippen molar-refractivity contribution >= 4 is 5.69 Å². The Morgan fingerprint density at radius 3 is 2.61 bits per heavy atom. The summed E-state index contributed by atoms with van der Waals surface area (Å²) >= 11 is 0. The van der Waals surface area contributed by atoms with E-state index in [0.717, 1.165) is 24.2 Å². The van der Waals surface area contributed by atoms with Gasteiger partial charge in [0.15, 0.2) is 6.29 Å². The van der Waals surface area contributed by atoms with Crippen LogP contribution >= 0.6 is 0 Å². The lowest BCUT2D eigenvalue weighted by Gasteiger charge is -2.17. The number of rotatable bonds is 8. The fraction of sp³-hybridized carbons (Fsp3) is 0.467. The molecule has 0 amide bonds. The number of benzene rings is 1. The van der Waals surface area contributed by atoms with E-state index in [1.807, 2.05) is 38.1 Å². The smallest absolute Gasteiger partial charge is 0.159 e. The van der Waals surface area contributed by atoms with Crippen molar-refractivity contribution in [3.8, 4) is 12.3 Å². The Balaban J connectivity index is 2.37. The quantitative estimate of drug-likeness (QED) is 0.566. The first-order chi connectivity index (χ1) is 8.80. The summed E-state index contributed by atoms with van der Waals surface area (Å²) in [6.45, 7) is 6.05. The van der Waals surface area contributed by atoms with Gasteiger partial charge in [-0.25, -0.2) is 0 Å². The van der Waals surface area contributed by atoms with Crippen LogP contribution in [0.5, 0.6) is 0 Å². The van der Waals surface area contributed by atoms with E-state index in [9.17, 15) is 0 Å². The highest BCUT2D eigenvalue weighted by Crippen LogP contribution is 2.10. The molecule has 0 saturated heterocycles. The molecule has 0 radical (unpaired) electrons. The van der Waals surface area contributed by atoms with Crippen LogP contribution in [0.15, 0.2) is 24.3 Å². The fourth-order valence-corrected chi connectivity index (χ4v) is 1.64. The average molecular weight is 247 g/mol. The number of ether oxygens (including phenoxy) is 2. The van der Waals surface area contributed by atoms with Gasteiger partial charge in [-0.3, -0.25) is 0 Å². The molecule has 0 aromatic heterocycles. The van der Waals surface area contributed by atoms with E-state index < -0.39 is 0 Å². The predicted octanol–water partition coefficient (Wildman–Crippen LogP) is 2.87. The summed E-state index contributed by atoms with van der Waals surface area (Å²) in [5, 5.41) is 3.31. The van der Waals surface area contributed by atoms with Gasteiger partial charge in [0.25, 0.3) is 0 Å². The molecule has 3 nitrogen and oxygen atoms in total. The lowest BCUT2D eigenvalue weighted by molar-refractivity contribution is -0.137. The van der Waals surface area contributed by atoms with Gasteiger partial charge >= 0.3 is 0 Å². The van der Waals surface area contributed by atoms with Gasteiger partial charge in [0.1, 0.15) is 0 Å². The van der Waals surface area contributed by atoms with Gasteiger partial charge in [0.2, 0.25) is 0 Å². The van der Waals surface area contributed by atoms with Crippen LogP contribution in [-0.4, -0.2) is 26.0 Å². The number of nitrogens with one attached hydrogen (secondary N) is 1. The topological polar surface area (TPSA) is 30.5 Å². The first-order valence-corrected chi connectivity index (χ1v) is 6.33. The molecule has 0 heterocycles. The summed E-state index contributed by atoms with van der Waals surface area (Å²) in [6.07, 6.45) is 6.03. The third-order valence-corrected chi connectivity index (χ3v) is 2.44. The summed E-state index contributed by atoms with van der Waals surface area (Å²) in [5.74, 6) is 2.62. The molecule has 98 valence electrons. The third-order valence-electron chi connectivity index (χ3n) is 2.44. The van der Waals surface area contributed by atoms with E-state index in [1.54, 1.807) is 0 Å². The SMILES string of the molecule is C#Cc1cccc(NCCC(OCC)OCC)c1. The van der Waals surface area contributed by atoms with Crippen molar-refractivity contribution in [1.29, 1.82) is 0 Å². The highest BCUT2D eigenvalue weighted by Gasteiger charge is 2.06. The number of hydrogen-bond donors (Lipinski definition) is 1. The largest absolute Gasteiger partial charge is 0.385 e. The lowest BCUT2D eigenvalue weighted by Crippen LogP contribution is -2.21. The molecule has 0 bridgehead atoms. The first-order valence-electron chi connectivity index (χ1n) is 6.33. The maximum Gasteiger partial charge on any atom is 0.159 e. The molecule has 1 rings (SSSR count). The molecule has 1 aromatic rings. The molecule has 0 spiro atoms. The Kier molecular flexibility index (Phi) is 6.93. The van der Waals surface area contributed by atoms with Gasteiger partial charge in [0, 0.05) is 37.4 Å². The van der Waals surface area contributed by atoms with Crippen molar-refractivity contribution in [1.82, 2.24) is 0 Å². The molecular formula is C15H21NO2. The van der Waals surface area contributed by atoms with Crippen molar-refractivity contribution < 1.29 is 9.47 Å². The molecule has 0 unspecified atom stereocenters. The van der Waals surface area contributed by atoms with Gasteiger partial charge in [-0.15, -0.1) is 6.42 Å². The molecule has 1 aromatic carbocycles. The van der Waals surface area contributed by atoms with E-state index in [-0.39, 0.29) is 6.29 Å². The van der Waals surface area contributed by atoms with Crippen molar-refractivity contribution in [2.45, 2.75) is 26.6 Å². The summed E-state index contributed by atoms with van der Waals surface area (Å²) in [7, 11) is 0. The molecule has 0 aliphatic rings. The van der Waals surface area contributed by atoms with Gasteiger partial charge in [0.05, 0.1) is 0 Å². The molecule has 0 atom stereocenters. The Bertz CT molecular complexity index is 378. The van der Waals surface area contributed by atoms with Crippen LogP contribution in [0, 0.1) is 12.3 Å². The molecule has 0 fully saturated rings. The summed E-state index contributed by atoms with van der Waals surface area (Å²) in [4.78, 5) is 0. The number of anilines is 1. The predicted molar refractivity (Wildman–Crippen MR) is 74.5 cm³/mol. The van der Waals surface area contributed by atoms with Crippen molar-refractivity contribution in [3.05, 3.63) is 29.8 Å². The Morgan fingerprint density at radius 2 is 2.00 bits per heavy atom. The van der Waals surface area contributed by atoms with Gasteiger partial charge in [-0.2, -0.15) is 0 Å². The second kappa shape index (κ2) is 8.57. The van der Waals surface area contributed by atoms with Crippen molar-refractivity contribution in [2.24, 2.45) is 0 Å². The van der Waals surface area contributed by atoms with Crippen molar-refractivity contribution in [3.63, 3.8) is 0 Å². The van der Waals surface area contributed by atoms with Crippen LogP contribution < -0.4 is 5.32 Å². The zero-order valence-electron chi connectivity index (χ0n) is 11.1. The standard InChI is InChI=1S/C15H21NO2/c1-4-13-8-7-9-14(12-13)16-11-10-15(17-5-2)18-6-3/h1,7-9,12,15-16H,5-6,10-11H2,2-3H3. The maximum atomic E-state index is 5.47. The number of hydrogen-bond acceptors (Lipinski definition) is 3. The van der Waals surface area contributed by atoms with Crippen LogP contribution in [0.1, 0.15) is 25.8 Å². The summed E-state index contributed by atoms with van der Waals surface area (Å²) < 4.78 is 10.9. The van der Waals surface area contributed by atoms with Gasteiger partial charge < -0.3 is 14.8 Å². The minimum Gasteiger partial charge on any atom is -0.385 e. The fourth-order valence-electron chi connectivity index (χ4n) is 1.64. The minimum atomic E-state index is -0.136. The molecule has 0 saturated carbocycles. The Morgan fingerprint density at radius 1 is 1.28 bits per heavy atom. The third kappa shape index (κ3) is 5.22. The average Bonchev–Trinajstić information content (AvgIpc) is 2.39. The molecule has 3 heteroatoms. The highest BCUT2D eigenvalue weighted by atomic mass is 16.7. The Hall–Kier alpha value is -1.50. The second-order valence-corrected chi connectivity index (χ2v) is 3.78. The second-order valence-electron chi connectivity index (χ2n) is 3.78. The van der Waals surface area contributed by atoms with Crippen molar-refractivity contribution in [2.75, 3.05) is 25.1 Å². The van der Waals surface area contributed by atoms with E-state index in [2.05, 4.69) is 11.2 Å². The van der Waals surface area contributed by atoms with Gasteiger partial charge in [-0.1, -0.05) is 12.0 Å². The normalized spacial score (nSPS) is 10.3. The summed E-state index contributed by atoms with van der Waals surface area (Å²) in [5.41, 5.74) is 1.91. The number of terminal acetylenes is 1. The maximum absolute atomic E-state index is 5.47. The first kappa shape index (κ1) is 14.6. The van der Waals surface area contributed by atoms with Crippen LogP contribution in [-0.2, 0) is 9.47 Å². The summed E-state index contributed by atoms with van der Waals surface area (Å²) in [6, 6.07) is 7.81. The van der Waals surface area contributed by atoms with Crippen LogP contribution in [0.2, 0.25) is 0 Å². The molecular weight excluding hydrogens is 226 g/mol. The van der Waals surface area contributed by atoms with Gasteiger partial charge in [-0.05, 0) is 32.0 Å². The van der Waals surface area contributed by atoms with Crippen LogP contribution in [0.3, 0.4) is 0 Å².